The van der Waals surface area contributed by atoms with Gasteiger partial charge in [0.25, 0.3) is 0 Å². The van der Waals surface area contributed by atoms with Crippen LogP contribution in [-0.4, -0.2) is 41.4 Å². The van der Waals surface area contributed by atoms with E-state index in [1.807, 2.05) is 13.1 Å². The van der Waals surface area contributed by atoms with Gasteiger partial charge in [0.2, 0.25) is 0 Å². The molecule has 7 heteroatoms. The second-order valence-corrected chi connectivity index (χ2v) is 6.77. The van der Waals surface area contributed by atoms with Gasteiger partial charge in [0.15, 0.2) is 5.96 Å². The van der Waals surface area contributed by atoms with Crippen molar-refractivity contribution in [3.8, 4) is 5.75 Å². The van der Waals surface area contributed by atoms with Gasteiger partial charge < -0.3 is 15.4 Å². The van der Waals surface area contributed by atoms with Gasteiger partial charge in [-0.25, -0.2) is 4.98 Å². The van der Waals surface area contributed by atoms with Gasteiger partial charge in [0.05, 0.1) is 13.7 Å². The number of para-hydroxylation sites is 1. The SMILES string of the molecule is CN=C(NCc1ncnn1C)NCC1(c2ccccc2OC)CCCC1. The number of hydrogen-bond donors (Lipinski definition) is 2. The molecule has 1 aliphatic rings. The third-order valence-corrected chi connectivity index (χ3v) is 5.28. The third kappa shape index (κ3) is 3.81. The number of nitrogens with zero attached hydrogens (tertiary/aromatic N) is 4. The third-order valence-electron chi connectivity index (χ3n) is 5.28. The van der Waals surface area contributed by atoms with Crippen LogP contribution in [0.2, 0.25) is 0 Å². The van der Waals surface area contributed by atoms with Crippen LogP contribution in [0.4, 0.5) is 0 Å². The van der Waals surface area contributed by atoms with Gasteiger partial charge in [-0.05, 0) is 18.9 Å². The number of nitrogens with one attached hydrogen (secondary N) is 2. The second kappa shape index (κ2) is 8.21. The van der Waals surface area contributed by atoms with Crippen molar-refractivity contribution < 1.29 is 4.74 Å². The van der Waals surface area contributed by atoms with Crippen LogP contribution in [0, 0.1) is 0 Å². The first-order valence-corrected chi connectivity index (χ1v) is 9.09. The minimum atomic E-state index is 0.0784. The van der Waals surface area contributed by atoms with Crippen molar-refractivity contribution in [3.63, 3.8) is 0 Å². The summed E-state index contributed by atoms with van der Waals surface area (Å²) in [6.07, 6.45) is 6.35. The quantitative estimate of drug-likeness (QED) is 0.612. The number of methoxy groups -OCH3 is 1. The Morgan fingerprint density at radius 3 is 2.69 bits per heavy atom. The molecule has 26 heavy (non-hydrogen) atoms. The van der Waals surface area contributed by atoms with Crippen molar-refractivity contribution >= 4 is 5.96 Å². The smallest absolute Gasteiger partial charge is 0.191 e. The monoisotopic (exact) mass is 356 g/mol. The number of aromatic nitrogens is 3. The highest BCUT2D eigenvalue weighted by Crippen LogP contribution is 2.44. The summed E-state index contributed by atoms with van der Waals surface area (Å²) in [7, 11) is 5.42. The molecule has 3 rings (SSSR count). The number of aliphatic imine (C=N–C) groups is 1. The Hall–Kier alpha value is -2.57. The van der Waals surface area contributed by atoms with E-state index in [-0.39, 0.29) is 5.41 Å². The summed E-state index contributed by atoms with van der Waals surface area (Å²) < 4.78 is 7.39. The Morgan fingerprint density at radius 1 is 1.27 bits per heavy atom. The second-order valence-electron chi connectivity index (χ2n) is 6.77. The molecule has 0 amide bonds. The predicted molar refractivity (Wildman–Crippen MR) is 102 cm³/mol. The lowest BCUT2D eigenvalue weighted by molar-refractivity contribution is 0.371. The summed E-state index contributed by atoms with van der Waals surface area (Å²) in [5.74, 6) is 2.61. The van der Waals surface area contributed by atoms with Crippen LogP contribution in [0.5, 0.6) is 5.75 Å². The van der Waals surface area contributed by atoms with E-state index in [9.17, 15) is 0 Å². The number of ether oxygens (including phenoxy) is 1. The van der Waals surface area contributed by atoms with Gasteiger partial charge in [-0.3, -0.25) is 9.67 Å². The highest BCUT2D eigenvalue weighted by molar-refractivity contribution is 5.79. The Labute approximate surface area is 154 Å². The maximum Gasteiger partial charge on any atom is 0.191 e. The molecule has 0 bridgehead atoms. The van der Waals surface area contributed by atoms with E-state index >= 15 is 0 Å². The lowest BCUT2D eigenvalue weighted by Gasteiger charge is -2.32. The summed E-state index contributed by atoms with van der Waals surface area (Å²) in [5, 5.41) is 10.9. The largest absolute Gasteiger partial charge is 0.496 e. The van der Waals surface area contributed by atoms with Gasteiger partial charge in [0, 0.05) is 31.6 Å². The summed E-state index contributed by atoms with van der Waals surface area (Å²) >= 11 is 0. The first-order valence-electron chi connectivity index (χ1n) is 9.09. The molecule has 0 atom stereocenters. The molecule has 0 aliphatic heterocycles. The molecular weight excluding hydrogens is 328 g/mol. The Kier molecular flexibility index (Phi) is 5.75. The van der Waals surface area contributed by atoms with Crippen LogP contribution >= 0.6 is 0 Å². The molecule has 1 saturated carbocycles. The van der Waals surface area contributed by atoms with Crippen LogP contribution in [0.15, 0.2) is 35.6 Å². The molecule has 1 aromatic carbocycles. The highest BCUT2D eigenvalue weighted by Gasteiger charge is 2.37. The molecule has 0 unspecified atom stereocenters. The number of benzene rings is 1. The summed E-state index contributed by atoms with van der Waals surface area (Å²) in [6.45, 7) is 1.41. The first kappa shape index (κ1) is 18.2. The minimum Gasteiger partial charge on any atom is -0.496 e. The Morgan fingerprint density at radius 2 is 2.04 bits per heavy atom. The van der Waals surface area contributed by atoms with Crippen molar-refractivity contribution in [3.05, 3.63) is 42.0 Å². The lowest BCUT2D eigenvalue weighted by Crippen LogP contribution is -2.44. The predicted octanol–water partition coefficient (Wildman–Crippen LogP) is 2.00. The fourth-order valence-electron chi connectivity index (χ4n) is 3.79. The van der Waals surface area contributed by atoms with E-state index in [4.69, 9.17) is 4.74 Å². The topological polar surface area (TPSA) is 76.4 Å². The van der Waals surface area contributed by atoms with Crippen LogP contribution < -0.4 is 15.4 Å². The van der Waals surface area contributed by atoms with Crippen molar-refractivity contribution in [2.24, 2.45) is 12.0 Å². The lowest BCUT2D eigenvalue weighted by atomic mass is 9.78. The number of rotatable bonds is 6. The molecule has 140 valence electrons. The normalized spacial score (nSPS) is 16.5. The average Bonchev–Trinajstić information content (AvgIpc) is 3.32. The van der Waals surface area contributed by atoms with Gasteiger partial charge in [-0.1, -0.05) is 31.0 Å². The minimum absolute atomic E-state index is 0.0784. The zero-order valence-electron chi connectivity index (χ0n) is 15.8. The van der Waals surface area contributed by atoms with Crippen LogP contribution in [0.1, 0.15) is 37.1 Å². The molecule has 0 spiro atoms. The first-order chi connectivity index (χ1) is 12.7. The number of hydrogen-bond acceptors (Lipinski definition) is 4. The van der Waals surface area contributed by atoms with E-state index in [0.717, 1.165) is 36.9 Å². The van der Waals surface area contributed by atoms with Gasteiger partial charge in [0.1, 0.15) is 17.9 Å². The van der Waals surface area contributed by atoms with Crippen molar-refractivity contribution in [1.29, 1.82) is 0 Å². The van der Waals surface area contributed by atoms with E-state index in [1.165, 1.54) is 18.4 Å². The average molecular weight is 356 g/mol. The van der Waals surface area contributed by atoms with Crippen molar-refractivity contribution in [2.75, 3.05) is 20.7 Å². The molecule has 1 aromatic heterocycles. The van der Waals surface area contributed by atoms with E-state index in [0.29, 0.717) is 6.54 Å². The molecular formula is C19H28N6O. The number of aryl methyl sites for hydroxylation is 1. The van der Waals surface area contributed by atoms with E-state index < -0.39 is 0 Å². The zero-order valence-corrected chi connectivity index (χ0v) is 15.8. The fourth-order valence-corrected chi connectivity index (χ4v) is 3.79. The highest BCUT2D eigenvalue weighted by atomic mass is 16.5. The maximum absolute atomic E-state index is 5.63. The summed E-state index contributed by atoms with van der Waals surface area (Å²) in [5.41, 5.74) is 1.37. The molecule has 0 radical (unpaired) electrons. The van der Waals surface area contributed by atoms with Crippen LogP contribution in [0.25, 0.3) is 0 Å². The maximum atomic E-state index is 5.63. The molecule has 2 aromatic rings. The molecule has 1 fully saturated rings. The summed E-state index contributed by atoms with van der Waals surface area (Å²) in [6, 6.07) is 8.37. The molecule has 1 heterocycles. The number of guanidine groups is 1. The molecule has 1 aliphatic carbocycles. The van der Waals surface area contributed by atoms with E-state index in [1.54, 1.807) is 25.2 Å². The standard InChI is InChI=1S/C19H28N6O/c1-20-18(21-12-17-23-14-24-25(17)2)22-13-19(10-6-7-11-19)15-8-4-5-9-16(15)26-3/h4-5,8-9,14H,6-7,10-13H2,1-3H3,(H2,20,21,22). The molecule has 0 saturated heterocycles. The fraction of sp³-hybridized carbons (Fsp3) is 0.526. The Bertz CT molecular complexity index is 748. The van der Waals surface area contributed by atoms with Gasteiger partial charge >= 0.3 is 0 Å². The van der Waals surface area contributed by atoms with Crippen molar-refractivity contribution in [1.82, 2.24) is 25.4 Å². The molecule has 7 nitrogen and oxygen atoms in total. The van der Waals surface area contributed by atoms with Crippen LogP contribution in [-0.2, 0) is 19.0 Å². The summed E-state index contributed by atoms with van der Waals surface area (Å²) in [4.78, 5) is 8.58. The Balaban J connectivity index is 1.69. The van der Waals surface area contributed by atoms with Gasteiger partial charge in [-0.2, -0.15) is 5.10 Å². The van der Waals surface area contributed by atoms with Gasteiger partial charge in [-0.15, -0.1) is 0 Å². The van der Waals surface area contributed by atoms with E-state index in [2.05, 4.69) is 43.9 Å². The zero-order chi connectivity index (χ0) is 18.4. The van der Waals surface area contributed by atoms with Crippen molar-refractivity contribution in [2.45, 2.75) is 37.6 Å². The van der Waals surface area contributed by atoms with Crippen LogP contribution in [0.3, 0.4) is 0 Å². The molecule has 2 N–H and O–H groups in total.